The number of nitrogens with zero attached hydrogens (tertiary/aromatic N) is 4. The molecule has 0 fully saturated rings. The molecule has 10 heteroatoms. The van der Waals surface area contributed by atoms with Crippen LogP contribution < -0.4 is 10.6 Å². The Bertz CT molecular complexity index is 1460. The van der Waals surface area contributed by atoms with Crippen molar-refractivity contribution in [1.82, 2.24) is 25.3 Å². The van der Waals surface area contributed by atoms with Crippen LogP contribution in [0.15, 0.2) is 61.4 Å². The molecule has 2 unspecified atom stereocenters. The molecule has 3 N–H and O–H groups in total. The molecular formula is C36H56N6O3S. The van der Waals surface area contributed by atoms with Gasteiger partial charge in [0, 0.05) is 25.5 Å². The standard InChI is InChI=1S/C23H25N5OS.C6H13NO2.C3H6.2C2H6/c1-5-15(3)23(4,29)18-9-6-10-19(27-18)28-20-12-16-17(13-25-20)30-22(26-16)21-14(2)8-7-11-24-21;1-6(2,3)9-5(8)7-4;1-3-2;2*1-2/h6-13,15,29H,5H2,1-4H3,(H,25,27,28);1-4H3,(H,7,8);3H,1H2,2H3;2*1-2H3. The first-order valence-corrected chi connectivity index (χ1v) is 16.7. The molecule has 4 aromatic heterocycles. The number of aromatic nitrogens is 4. The number of amides is 1. The second-order valence-electron chi connectivity index (χ2n) is 10.9. The van der Waals surface area contributed by atoms with E-state index in [2.05, 4.69) is 39.1 Å². The van der Waals surface area contributed by atoms with E-state index in [1.165, 1.54) is 7.05 Å². The van der Waals surface area contributed by atoms with Crippen LogP contribution in [0.4, 0.5) is 16.4 Å². The van der Waals surface area contributed by atoms with Crippen LogP contribution in [0.5, 0.6) is 0 Å². The third-order valence-corrected chi connectivity index (χ3v) is 7.20. The predicted molar refractivity (Wildman–Crippen MR) is 196 cm³/mol. The first-order chi connectivity index (χ1) is 21.7. The van der Waals surface area contributed by atoms with Crippen molar-refractivity contribution in [2.24, 2.45) is 5.92 Å². The van der Waals surface area contributed by atoms with Crippen molar-refractivity contribution in [1.29, 1.82) is 0 Å². The van der Waals surface area contributed by atoms with E-state index in [-0.39, 0.29) is 17.6 Å². The van der Waals surface area contributed by atoms with Crippen molar-refractivity contribution in [2.75, 3.05) is 12.4 Å². The molecule has 4 rings (SSSR count). The van der Waals surface area contributed by atoms with Gasteiger partial charge in [-0.3, -0.25) is 4.98 Å². The van der Waals surface area contributed by atoms with Crippen LogP contribution in [-0.4, -0.2) is 43.8 Å². The van der Waals surface area contributed by atoms with Gasteiger partial charge >= 0.3 is 6.09 Å². The summed E-state index contributed by atoms with van der Waals surface area (Å²) in [6.07, 6.45) is 5.83. The Morgan fingerprint density at radius 2 is 1.70 bits per heavy atom. The number of allylic oxidation sites excluding steroid dienone is 1. The van der Waals surface area contributed by atoms with E-state index in [0.717, 1.165) is 32.9 Å². The van der Waals surface area contributed by atoms with Gasteiger partial charge in [0.25, 0.3) is 0 Å². The van der Waals surface area contributed by atoms with Crippen LogP contribution in [0, 0.1) is 12.8 Å². The second-order valence-corrected chi connectivity index (χ2v) is 11.9. The van der Waals surface area contributed by atoms with E-state index >= 15 is 0 Å². The molecule has 9 nitrogen and oxygen atoms in total. The molecule has 46 heavy (non-hydrogen) atoms. The number of thiazole rings is 1. The van der Waals surface area contributed by atoms with E-state index in [1.807, 2.05) is 119 Å². The highest BCUT2D eigenvalue weighted by Crippen LogP contribution is 2.33. The molecule has 4 aromatic rings. The summed E-state index contributed by atoms with van der Waals surface area (Å²) in [5, 5.41) is 17.4. The van der Waals surface area contributed by atoms with Crippen LogP contribution in [0.3, 0.4) is 0 Å². The van der Waals surface area contributed by atoms with Gasteiger partial charge in [0.05, 0.1) is 15.9 Å². The quantitative estimate of drug-likeness (QED) is 0.176. The number of aliphatic hydroxyl groups is 1. The Labute approximate surface area is 281 Å². The number of carbonyl (C=O) groups is 1. The molecule has 0 spiro atoms. The van der Waals surface area contributed by atoms with Crippen molar-refractivity contribution in [3.63, 3.8) is 0 Å². The largest absolute Gasteiger partial charge is 0.444 e. The number of ether oxygens (including phenoxy) is 1. The van der Waals surface area contributed by atoms with Gasteiger partial charge < -0.3 is 20.5 Å². The Hall–Kier alpha value is -3.89. The normalized spacial score (nSPS) is 12.0. The minimum absolute atomic E-state index is 0.0956. The van der Waals surface area contributed by atoms with Crippen LogP contribution in [0.2, 0.25) is 0 Å². The number of nitrogens with one attached hydrogen (secondary N) is 2. The number of hydrogen-bond acceptors (Lipinski definition) is 9. The van der Waals surface area contributed by atoms with Crippen molar-refractivity contribution < 1.29 is 14.6 Å². The van der Waals surface area contributed by atoms with Crippen LogP contribution in [0.1, 0.15) is 93.8 Å². The fraction of sp³-hybridized carbons (Fsp3) is 0.472. The second kappa shape index (κ2) is 21.0. The van der Waals surface area contributed by atoms with E-state index in [1.54, 1.807) is 23.6 Å². The lowest BCUT2D eigenvalue weighted by Crippen LogP contribution is -2.30. The Balaban J connectivity index is 0.00000107. The number of aryl methyl sites for hydroxylation is 1. The van der Waals surface area contributed by atoms with E-state index in [4.69, 9.17) is 9.72 Å². The molecule has 2 atom stereocenters. The molecule has 0 aromatic carbocycles. The van der Waals surface area contributed by atoms with Crippen molar-refractivity contribution >= 4 is 39.3 Å². The third kappa shape index (κ3) is 13.6. The van der Waals surface area contributed by atoms with Crippen LogP contribution in [0.25, 0.3) is 20.9 Å². The minimum Gasteiger partial charge on any atom is -0.444 e. The molecule has 0 aliphatic rings. The molecule has 4 heterocycles. The van der Waals surface area contributed by atoms with Gasteiger partial charge in [0.1, 0.15) is 33.5 Å². The number of alkyl carbamates (subject to hydrolysis) is 1. The highest BCUT2D eigenvalue weighted by atomic mass is 32.1. The van der Waals surface area contributed by atoms with Gasteiger partial charge in [-0.05, 0) is 71.2 Å². The number of rotatable bonds is 6. The molecule has 0 saturated carbocycles. The number of anilines is 2. The summed E-state index contributed by atoms with van der Waals surface area (Å²) in [5.41, 5.74) is 2.12. The topological polar surface area (TPSA) is 122 Å². The van der Waals surface area contributed by atoms with E-state index in [9.17, 15) is 9.90 Å². The zero-order valence-electron chi connectivity index (χ0n) is 30.1. The molecule has 0 aliphatic carbocycles. The number of pyridine rings is 3. The van der Waals surface area contributed by atoms with Crippen molar-refractivity contribution in [3.05, 3.63) is 72.7 Å². The molecule has 254 valence electrons. The van der Waals surface area contributed by atoms with Gasteiger partial charge in [-0.2, -0.15) is 0 Å². The highest BCUT2D eigenvalue weighted by Gasteiger charge is 2.30. The smallest absolute Gasteiger partial charge is 0.407 e. The first-order valence-electron chi connectivity index (χ1n) is 15.9. The van der Waals surface area contributed by atoms with Gasteiger partial charge in [0.2, 0.25) is 0 Å². The van der Waals surface area contributed by atoms with Crippen molar-refractivity contribution in [2.45, 2.75) is 101 Å². The first kappa shape index (κ1) is 42.1. The molecule has 0 aliphatic heterocycles. The van der Waals surface area contributed by atoms with Gasteiger partial charge in [-0.1, -0.05) is 66.2 Å². The lowest BCUT2D eigenvalue weighted by molar-refractivity contribution is -0.00392. The van der Waals surface area contributed by atoms with Crippen molar-refractivity contribution in [3.8, 4) is 10.7 Å². The number of fused-ring (bicyclic) bond motifs is 1. The zero-order valence-corrected chi connectivity index (χ0v) is 31.0. The molecule has 0 radical (unpaired) electrons. The fourth-order valence-corrected chi connectivity index (χ4v) is 4.59. The highest BCUT2D eigenvalue weighted by molar-refractivity contribution is 7.21. The minimum atomic E-state index is -0.992. The summed E-state index contributed by atoms with van der Waals surface area (Å²) in [7, 11) is 1.54. The number of carbonyl (C=O) groups excluding carboxylic acids is 1. The fourth-order valence-electron chi connectivity index (χ4n) is 3.61. The monoisotopic (exact) mass is 652 g/mol. The van der Waals surface area contributed by atoms with E-state index < -0.39 is 5.60 Å². The maximum atomic E-state index is 10.9. The average molecular weight is 653 g/mol. The summed E-state index contributed by atoms with van der Waals surface area (Å²) in [5.74, 6) is 1.39. The molecular weight excluding hydrogens is 597 g/mol. The third-order valence-electron chi connectivity index (χ3n) is 6.19. The summed E-state index contributed by atoms with van der Waals surface area (Å²) < 4.78 is 5.84. The zero-order chi connectivity index (χ0) is 35.5. The molecule has 1 amide bonds. The lowest BCUT2D eigenvalue weighted by atomic mass is 9.85. The van der Waals surface area contributed by atoms with Gasteiger partial charge in [-0.25, -0.2) is 19.7 Å². The summed E-state index contributed by atoms with van der Waals surface area (Å²) in [6, 6.07) is 11.5. The van der Waals surface area contributed by atoms with E-state index in [0.29, 0.717) is 17.3 Å². The maximum absolute atomic E-state index is 10.9. The molecule has 0 saturated heterocycles. The van der Waals surface area contributed by atoms with Crippen LogP contribution >= 0.6 is 11.3 Å². The number of hydrogen-bond donors (Lipinski definition) is 3. The molecule has 0 bridgehead atoms. The van der Waals surface area contributed by atoms with Gasteiger partial charge in [0.15, 0.2) is 0 Å². The lowest BCUT2D eigenvalue weighted by Gasteiger charge is -2.29. The SMILES string of the molecule is C=CC.CC.CC.CCC(C)C(C)(O)c1cccc(Nc2cc3nc(-c4ncccc4C)sc3cn2)n1.CNC(=O)OC(C)(C)C. The Morgan fingerprint density at radius 1 is 1.07 bits per heavy atom. The summed E-state index contributed by atoms with van der Waals surface area (Å²) in [6.45, 7) is 26.7. The van der Waals surface area contributed by atoms with Crippen LogP contribution in [-0.2, 0) is 10.3 Å². The average Bonchev–Trinajstić information content (AvgIpc) is 3.46. The van der Waals surface area contributed by atoms with Gasteiger partial charge in [-0.15, -0.1) is 17.9 Å². The maximum Gasteiger partial charge on any atom is 0.407 e. The predicted octanol–water partition coefficient (Wildman–Crippen LogP) is 9.84. The Kier molecular flexibility index (Phi) is 19.2. The summed E-state index contributed by atoms with van der Waals surface area (Å²) >= 11 is 1.58. The summed E-state index contributed by atoms with van der Waals surface area (Å²) in [4.78, 5) is 28.8. The Morgan fingerprint density at radius 3 is 2.22 bits per heavy atom.